The van der Waals surface area contributed by atoms with Crippen molar-refractivity contribution in [2.45, 2.75) is 38.8 Å². The number of hydrogen-bond donors (Lipinski definition) is 2. The van der Waals surface area contributed by atoms with Gasteiger partial charge in [-0.1, -0.05) is 6.07 Å². The van der Waals surface area contributed by atoms with Gasteiger partial charge in [-0.2, -0.15) is 0 Å². The summed E-state index contributed by atoms with van der Waals surface area (Å²) in [6.45, 7) is 3.99. The molecule has 1 atom stereocenters. The Morgan fingerprint density at radius 1 is 1.24 bits per heavy atom. The van der Waals surface area contributed by atoms with Crippen LogP contribution in [0.2, 0.25) is 0 Å². The predicted octanol–water partition coefficient (Wildman–Crippen LogP) is 2.40. The van der Waals surface area contributed by atoms with Crippen molar-refractivity contribution in [1.29, 1.82) is 0 Å². The molecule has 2 rings (SSSR count). The highest BCUT2D eigenvalue weighted by Crippen LogP contribution is 2.22. The summed E-state index contributed by atoms with van der Waals surface area (Å²) in [4.78, 5) is 8.35. The number of aryl methyl sites for hydroxylation is 1. The van der Waals surface area contributed by atoms with Crippen molar-refractivity contribution < 1.29 is 4.74 Å². The zero-order valence-corrected chi connectivity index (χ0v) is 12.5. The van der Waals surface area contributed by atoms with Crippen molar-refractivity contribution in [3.63, 3.8) is 0 Å². The van der Waals surface area contributed by atoms with E-state index in [-0.39, 0.29) is 12.1 Å². The van der Waals surface area contributed by atoms with Gasteiger partial charge in [-0.25, -0.2) is 0 Å². The van der Waals surface area contributed by atoms with Crippen LogP contribution >= 0.6 is 0 Å². The van der Waals surface area contributed by atoms with Crippen LogP contribution in [0.5, 0.6) is 5.75 Å². The topological polar surface area (TPSA) is 73.1 Å². The van der Waals surface area contributed by atoms with Gasteiger partial charge in [0.2, 0.25) is 0 Å². The summed E-state index contributed by atoms with van der Waals surface area (Å²) in [5, 5.41) is 0. The standard InChI is InChI=1S/C16H22N4O/c1-12(2)21-15-8-14(10-19-11-15)16(20-17)6-5-13-4-3-7-18-9-13/h3-4,7-12,16,20H,5-6,17H2,1-2H3. The lowest BCUT2D eigenvalue weighted by Crippen LogP contribution is -2.28. The van der Waals surface area contributed by atoms with E-state index in [1.165, 1.54) is 5.56 Å². The van der Waals surface area contributed by atoms with Gasteiger partial charge in [0.1, 0.15) is 5.75 Å². The summed E-state index contributed by atoms with van der Waals surface area (Å²) in [6, 6.07) is 6.03. The fraction of sp³-hybridized carbons (Fsp3) is 0.375. The van der Waals surface area contributed by atoms with E-state index in [9.17, 15) is 0 Å². The Bertz CT molecular complexity index is 545. The Labute approximate surface area is 125 Å². The summed E-state index contributed by atoms with van der Waals surface area (Å²) < 4.78 is 5.67. The second kappa shape index (κ2) is 7.71. The van der Waals surface area contributed by atoms with E-state index in [4.69, 9.17) is 10.6 Å². The van der Waals surface area contributed by atoms with E-state index in [1.807, 2.05) is 38.4 Å². The van der Waals surface area contributed by atoms with Crippen molar-refractivity contribution >= 4 is 0 Å². The third kappa shape index (κ3) is 4.81. The third-order valence-corrected chi connectivity index (χ3v) is 3.15. The van der Waals surface area contributed by atoms with E-state index in [2.05, 4.69) is 21.5 Å². The van der Waals surface area contributed by atoms with Crippen LogP contribution in [0.3, 0.4) is 0 Å². The molecule has 5 heteroatoms. The monoisotopic (exact) mass is 286 g/mol. The molecule has 1 unspecified atom stereocenters. The Balaban J connectivity index is 2.03. The van der Waals surface area contributed by atoms with Crippen LogP contribution in [-0.4, -0.2) is 16.1 Å². The molecule has 2 aromatic heterocycles. The van der Waals surface area contributed by atoms with E-state index in [1.54, 1.807) is 12.4 Å². The zero-order chi connectivity index (χ0) is 15.1. The largest absolute Gasteiger partial charge is 0.489 e. The van der Waals surface area contributed by atoms with Crippen molar-refractivity contribution in [3.8, 4) is 5.75 Å². The van der Waals surface area contributed by atoms with Crippen LogP contribution in [0, 0.1) is 0 Å². The quantitative estimate of drug-likeness (QED) is 0.604. The maximum atomic E-state index is 5.69. The second-order valence-electron chi connectivity index (χ2n) is 5.24. The lowest BCUT2D eigenvalue weighted by molar-refractivity contribution is 0.241. The van der Waals surface area contributed by atoms with Crippen molar-refractivity contribution in [2.24, 2.45) is 5.84 Å². The molecule has 21 heavy (non-hydrogen) atoms. The Morgan fingerprint density at radius 2 is 2.10 bits per heavy atom. The highest BCUT2D eigenvalue weighted by atomic mass is 16.5. The molecular formula is C16H22N4O. The van der Waals surface area contributed by atoms with Crippen LogP contribution in [0.25, 0.3) is 0 Å². The van der Waals surface area contributed by atoms with Crippen LogP contribution in [0.4, 0.5) is 0 Å². The van der Waals surface area contributed by atoms with Gasteiger partial charge in [-0.15, -0.1) is 0 Å². The molecule has 0 aliphatic heterocycles. The Hall–Kier alpha value is -1.98. The Kier molecular flexibility index (Phi) is 5.66. The van der Waals surface area contributed by atoms with Gasteiger partial charge in [-0.05, 0) is 49.9 Å². The SMILES string of the molecule is CC(C)Oc1cncc(C(CCc2cccnc2)NN)c1. The van der Waals surface area contributed by atoms with E-state index < -0.39 is 0 Å². The number of nitrogens with zero attached hydrogens (tertiary/aromatic N) is 2. The van der Waals surface area contributed by atoms with Crippen LogP contribution in [-0.2, 0) is 6.42 Å². The second-order valence-corrected chi connectivity index (χ2v) is 5.24. The molecule has 5 nitrogen and oxygen atoms in total. The van der Waals surface area contributed by atoms with Gasteiger partial charge in [-0.3, -0.25) is 21.2 Å². The zero-order valence-electron chi connectivity index (χ0n) is 12.5. The molecule has 0 aromatic carbocycles. The number of aromatic nitrogens is 2. The highest BCUT2D eigenvalue weighted by Gasteiger charge is 2.12. The normalized spacial score (nSPS) is 12.4. The van der Waals surface area contributed by atoms with Gasteiger partial charge in [0, 0.05) is 24.6 Å². The molecule has 0 bridgehead atoms. The summed E-state index contributed by atoms with van der Waals surface area (Å²) >= 11 is 0. The number of ether oxygens (including phenoxy) is 1. The van der Waals surface area contributed by atoms with Gasteiger partial charge in [0.05, 0.1) is 12.3 Å². The number of rotatable bonds is 7. The summed E-state index contributed by atoms with van der Waals surface area (Å²) in [5.74, 6) is 6.45. The number of hydrazine groups is 1. The molecule has 0 fully saturated rings. The molecule has 0 amide bonds. The molecule has 2 aromatic rings. The highest BCUT2D eigenvalue weighted by molar-refractivity contribution is 5.26. The lowest BCUT2D eigenvalue weighted by atomic mass is 10.0. The molecule has 0 saturated carbocycles. The summed E-state index contributed by atoms with van der Waals surface area (Å²) in [6.07, 6.45) is 9.09. The maximum Gasteiger partial charge on any atom is 0.138 e. The molecule has 3 N–H and O–H groups in total. The number of hydrogen-bond acceptors (Lipinski definition) is 5. The first-order valence-corrected chi connectivity index (χ1v) is 7.15. The van der Waals surface area contributed by atoms with Crippen molar-refractivity contribution in [1.82, 2.24) is 15.4 Å². The molecule has 0 spiro atoms. The smallest absolute Gasteiger partial charge is 0.138 e. The molecule has 0 radical (unpaired) electrons. The molecule has 112 valence electrons. The minimum Gasteiger partial charge on any atom is -0.489 e. The van der Waals surface area contributed by atoms with Gasteiger partial charge >= 0.3 is 0 Å². The fourth-order valence-corrected chi connectivity index (χ4v) is 2.17. The molecule has 0 aliphatic rings. The number of nitrogens with two attached hydrogens (primary N) is 1. The van der Waals surface area contributed by atoms with E-state index in [0.717, 1.165) is 24.2 Å². The minimum absolute atomic E-state index is 0.0356. The van der Waals surface area contributed by atoms with Gasteiger partial charge in [0.15, 0.2) is 0 Å². The van der Waals surface area contributed by atoms with Crippen molar-refractivity contribution in [3.05, 3.63) is 54.1 Å². The number of pyridine rings is 2. The lowest BCUT2D eigenvalue weighted by Gasteiger charge is -2.17. The fourth-order valence-electron chi connectivity index (χ4n) is 2.17. The van der Waals surface area contributed by atoms with Crippen LogP contribution in [0.1, 0.15) is 37.4 Å². The van der Waals surface area contributed by atoms with Crippen LogP contribution < -0.4 is 16.0 Å². The average molecular weight is 286 g/mol. The molecule has 0 saturated heterocycles. The summed E-state index contributed by atoms with van der Waals surface area (Å²) in [5.41, 5.74) is 5.08. The van der Waals surface area contributed by atoms with E-state index >= 15 is 0 Å². The molecular weight excluding hydrogens is 264 g/mol. The first-order valence-electron chi connectivity index (χ1n) is 7.15. The third-order valence-electron chi connectivity index (χ3n) is 3.15. The first-order chi connectivity index (χ1) is 10.2. The molecule has 0 aliphatic carbocycles. The Morgan fingerprint density at radius 3 is 2.76 bits per heavy atom. The minimum atomic E-state index is 0.0356. The molecule has 2 heterocycles. The maximum absolute atomic E-state index is 5.69. The van der Waals surface area contributed by atoms with Crippen LogP contribution in [0.15, 0.2) is 43.0 Å². The summed E-state index contributed by atoms with van der Waals surface area (Å²) in [7, 11) is 0. The number of nitrogens with one attached hydrogen (secondary N) is 1. The predicted molar refractivity (Wildman–Crippen MR) is 82.6 cm³/mol. The van der Waals surface area contributed by atoms with Gasteiger partial charge < -0.3 is 4.74 Å². The van der Waals surface area contributed by atoms with E-state index in [0.29, 0.717) is 0 Å². The van der Waals surface area contributed by atoms with Gasteiger partial charge in [0.25, 0.3) is 0 Å². The average Bonchev–Trinajstić information content (AvgIpc) is 2.49. The van der Waals surface area contributed by atoms with Crippen molar-refractivity contribution in [2.75, 3.05) is 0 Å². The first kappa shape index (κ1) is 15.4.